The lowest BCUT2D eigenvalue weighted by molar-refractivity contribution is -0.138. The highest BCUT2D eigenvalue weighted by Gasteiger charge is 2.69. The van der Waals surface area contributed by atoms with E-state index in [1.165, 1.54) is 62.0 Å². The fourth-order valence-electron chi connectivity index (χ4n) is 12.2. The zero-order chi connectivity index (χ0) is 36.5. The van der Waals surface area contributed by atoms with Crippen LogP contribution in [0.3, 0.4) is 0 Å². The molecule has 9 heteroatoms. The molecular formula is C44H53N3O6. The highest BCUT2D eigenvalue weighted by Crippen LogP contribution is 2.71. The number of cyclic esters (lactones) is 2. The van der Waals surface area contributed by atoms with Crippen LogP contribution < -0.4 is 11.1 Å². The Morgan fingerprint density at radius 2 is 1.74 bits per heavy atom. The van der Waals surface area contributed by atoms with E-state index in [1.54, 1.807) is 0 Å². The topological polar surface area (TPSA) is 128 Å². The van der Waals surface area contributed by atoms with Gasteiger partial charge in [0.05, 0.1) is 16.8 Å². The Labute approximate surface area is 312 Å². The van der Waals surface area contributed by atoms with Crippen molar-refractivity contribution in [2.45, 2.75) is 110 Å². The number of hydrogen-bond donors (Lipinski definition) is 2. The van der Waals surface area contributed by atoms with Crippen molar-refractivity contribution < 1.29 is 28.7 Å². The average molecular weight is 720 g/mol. The summed E-state index contributed by atoms with van der Waals surface area (Å²) in [7, 11) is 0. The minimum absolute atomic E-state index is 0.0334. The maximum absolute atomic E-state index is 14.6. The number of esters is 2. The van der Waals surface area contributed by atoms with Gasteiger partial charge in [0, 0.05) is 48.2 Å². The average Bonchev–Trinajstić information content (AvgIpc) is 3.92. The first kappa shape index (κ1) is 34.6. The lowest BCUT2D eigenvalue weighted by Gasteiger charge is -2.57. The number of nitrogens with zero attached hydrogens (tertiary/aromatic N) is 1. The molecule has 280 valence electrons. The van der Waals surface area contributed by atoms with Gasteiger partial charge >= 0.3 is 11.9 Å². The monoisotopic (exact) mass is 719 g/mol. The second-order valence-corrected chi connectivity index (χ2v) is 17.2. The molecule has 10 rings (SSSR count). The summed E-state index contributed by atoms with van der Waals surface area (Å²) in [6, 6.07) is 0. The van der Waals surface area contributed by atoms with E-state index >= 15 is 0 Å². The summed E-state index contributed by atoms with van der Waals surface area (Å²) in [6.07, 6.45) is 28.0. The standard InChI is InChI=1S/C44H53N3O6/c1-2-43(19-6-7-20-43)24-32-30-14-13-29-28-17-21-44(39(29)38(30)41(50)52-32)33(12-8-11-26-9-4-3-5-10-26)53-42(51)40(44)37(28)31(27-18-22-46-34(45)23-27)25-47-35(48)15-16-36(47)49/h12,15-16,18,23-24,26,28-29,31,39,46H,2-11,13-14,17,19-22,25,45H2,1H3/b32-24-,33-12-/t28-,29-,31+,39+,44-/m0/s1. The van der Waals surface area contributed by atoms with Crippen molar-refractivity contribution in [3.05, 3.63) is 81.7 Å². The zero-order valence-electron chi connectivity index (χ0n) is 31.1. The predicted octanol–water partition coefficient (Wildman–Crippen LogP) is 7.10. The van der Waals surface area contributed by atoms with Gasteiger partial charge in [0.2, 0.25) is 0 Å². The van der Waals surface area contributed by atoms with Gasteiger partial charge < -0.3 is 20.5 Å². The van der Waals surface area contributed by atoms with E-state index in [9.17, 15) is 19.2 Å². The van der Waals surface area contributed by atoms with Crippen LogP contribution in [0.15, 0.2) is 81.7 Å². The molecule has 5 atom stereocenters. The quantitative estimate of drug-likeness (QED) is 0.191. The number of imide groups is 1. The van der Waals surface area contributed by atoms with Crippen molar-refractivity contribution in [2.24, 2.45) is 46.2 Å². The van der Waals surface area contributed by atoms with E-state index in [-0.39, 0.29) is 53.5 Å². The highest BCUT2D eigenvalue weighted by molar-refractivity contribution is 6.13. The van der Waals surface area contributed by atoms with Crippen LogP contribution in [0.25, 0.3) is 0 Å². The van der Waals surface area contributed by atoms with E-state index in [0.29, 0.717) is 36.0 Å². The molecule has 4 heterocycles. The molecule has 4 aliphatic heterocycles. The zero-order valence-corrected chi connectivity index (χ0v) is 31.1. The summed E-state index contributed by atoms with van der Waals surface area (Å²) < 4.78 is 12.7. The van der Waals surface area contributed by atoms with Crippen LogP contribution in [0, 0.1) is 40.4 Å². The number of allylic oxidation sites excluding steroid dienone is 5. The summed E-state index contributed by atoms with van der Waals surface area (Å²) in [5, 5.41) is 3.16. The Kier molecular flexibility index (Phi) is 8.69. The molecule has 2 amide bonds. The Hall–Kier alpha value is -4.14. The molecule has 0 aromatic carbocycles. The summed E-state index contributed by atoms with van der Waals surface area (Å²) >= 11 is 0. The molecule has 4 fully saturated rings. The molecular weight excluding hydrogens is 666 g/mol. The van der Waals surface area contributed by atoms with Crippen molar-refractivity contribution in [1.29, 1.82) is 0 Å². The molecule has 9 nitrogen and oxygen atoms in total. The molecule has 0 unspecified atom stereocenters. The molecule has 3 saturated carbocycles. The normalized spacial score (nSPS) is 34.0. The Balaban J connectivity index is 1.20. The number of carbonyl (C=O) groups excluding carboxylic acids is 4. The Morgan fingerprint density at radius 1 is 0.962 bits per heavy atom. The summed E-state index contributed by atoms with van der Waals surface area (Å²) in [4.78, 5) is 56.3. The molecule has 10 aliphatic rings. The second-order valence-electron chi connectivity index (χ2n) is 17.2. The molecule has 1 spiro atoms. The number of ether oxygens (including phenoxy) is 2. The van der Waals surface area contributed by atoms with Crippen LogP contribution in [-0.4, -0.2) is 41.7 Å². The summed E-state index contributed by atoms with van der Waals surface area (Å²) in [5.74, 6) is 0.674. The van der Waals surface area contributed by atoms with Crippen LogP contribution in [0.5, 0.6) is 0 Å². The molecule has 6 aliphatic carbocycles. The molecule has 0 aromatic heterocycles. The van der Waals surface area contributed by atoms with Crippen molar-refractivity contribution in [2.75, 3.05) is 13.1 Å². The first-order chi connectivity index (χ1) is 25.7. The number of nitrogens with one attached hydrogen (secondary N) is 1. The van der Waals surface area contributed by atoms with Gasteiger partial charge in [0.25, 0.3) is 11.8 Å². The SMILES string of the molecule is CCC1(/C=C2\OC(=O)C3=C2CC[C@H]2[C@@H]4CC[C@@]5(C(=C4[C@H](CN4C(=O)C=CC4=O)C4=CCNC(N)=C4)C(=O)O/C5=C\CCC4CCCCC4)[C@@H]32)CCCC1. The fraction of sp³-hybridized carbons (Fsp3) is 0.591. The summed E-state index contributed by atoms with van der Waals surface area (Å²) in [5.41, 5.74) is 9.86. The number of carbonyl (C=O) groups is 4. The number of hydrogen-bond acceptors (Lipinski definition) is 8. The minimum Gasteiger partial charge on any atom is -0.427 e. The lowest BCUT2D eigenvalue weighted by atomic mass is 9.43. The maximum atomic E-state index is 14.6. The van der Waals surface area contributed by atoms with Gasteiger partial charge in [-0.15, -0.1) is 0 Å². The molecule has 0 radical (unpaired) electrons. The van der Waals surface area contributed by atoms with Crippen LogP contribution in [0.4, 0.5) is 0 Å². The van der Waals surface area contributed by atoms with Crippen molar-refractivity contribution in [3.63, 3.8) is 0 Å². The summed E-state index contributed by atoms with van der Waals surface area (Å²) in [6.45, 7) is 2.86. The van der Waals surface area contributed by atoms with Crippen LogP contribution in [0.1, 0.15) is 110 Å². The Bertz CT molecular complexity index is 1840. The van der Waals surface area contributed by atoms with Gasteiger partial charge in [-0.3, -0.25) is 14.5 Å². The molecule has 53 heavy (non-hydrogen) atoms. The van der Waals surface area contributed by atoms with Crippen molar-refractivity contribution in [1.82, 2.24) is 10.2 Å². The van der Waals surface area contributed by atoms with Gasteiger partial charge in [-0.05, 0) is 110 Å². The van der Waals surface area contributed by atoms with E-state index in [0.717, 1.165) is 79.4 Å². The van der Waals surface area contributed by atoms with E-state index in [1.807, 2.05) is 6.08 Å². The predicted molar refractivity (Wildman–Crippen MR) is 198 cm³/mol. The van der Waals surface area contributed by atoms with Gasteiger partial charge in [0.1, 0.15) is 11.5 Å². The molecule has 1 saturated heterocycles. The first-order valence-corrected chi connectivity index (χ1v) is 20.5. The fourth-order valence-corrected chi connectivity index (χ4v) is 12.2. The van der Waals surface area contributed by atoms with Crippen molar-refractivity contribution in [3.8, 4) is 0 Å². The number of amides is 2. The highest BCUT2D eigenvalue weighted by atomic mass is 16.5. The second kappa shape index (κ2) is 13.3. The van der Waals surface area contributed by atoms with Crippen molar-refractivity contribution >= 4 is 23.8 Å². The van der Waals surface area contributed by atoms with Crippen LogP contribution >= 0.6 is 0 Å². The lowest BCUT2D eigenvalue weighted by Crippen LogP contribution is -2.54. The van der Waals surface area contributed by atoms with Gasteiger partial charge in [-0.25, -0.2) is 9.59 Å². The van der Waals surface area contributed by atoms with E-state index in [4.69, 9.17) is 15.2 Å². The molecule has 0 aromatic rings. The van der Waals surface area contributed by atoms with Crippen LogP contribution in [-0.2, 0) is 28.7 Å². The van der Waals surface area contributed by atoms with E-state index in [2.05, 4.69) is 30.5 Å². The number of rotatable bonds is 9. The van der Waals surface area contributed by atoms with Gasteiger partial charge in [-0.1, -0.05) is 57.9 Å². The first-order valence-electron chi connectivity index (χ1n) is 20.5. The van der Waals surface area contributed by atoms with E-state index < -0.39 is 11.3 Å². The number of dihydropyridines is 1. The Morgan fingerprint density at radius 3 is 2.47 bits per heavy atom. The largest absolute Gasteiger partial charge is 0.427 e. The van der Waals surface area contributed by atoms with Crippen LogP contribution in [0.2, 0.25) is 0 Å². The van der Waals surface area contributed by atoms with Gasteiger partial charge in [0.15, 0.2) is 0 Å². The number of fused-ring (bicyclic) bond motifs is 1. The number of nitrogens with two attached hydrogens (primary N) is 1. The smallest absolute Gasteiger partial charge is 0.340 e. The maximum Gasteiger partial charge on any atom is 0.340 e. The third-order valence-corrected chi connectivity index (χ3v) is 14.8. The molecule has 3 N–H and O–H groups in total. The third kappa shape index (κ3) is 5.53. The minimum atomic E-state index is -0.818. The van der Waals surface area contributed by atoms with Gasteiger partial charge in [-0.2, -0.15) is 0 Å². The molecule has 2 bridgehead atoms. The third-order valence-electron chi connectivity index (χ3n) is 14.8.